The first-order valence-electron chi connectivity index (χ1n) is 5.45. The van der Waals surface area contributed by atoms with E-state index in [1.807, 2.05) is 29.2 Å². The molecule has 1 aliphatic rings. The van der Waals surface area contributed by atoms with Gasteiger partial charge in [-0.15, -0.1) is 0 Å². The van der Waals surface area contributed by atoms with Crippen molar-refractivity contribution >= 4 is 21.8 Å². The van der Waals surface area contributed by atoms with Crippen LogP contribution in [0.2, 0.25) is 0 Å². The van der Waals surface area contributed by atoms with E-state index >= 15 is 0 Å². The molecule has 0 saturated carbocycles. The Morgan fingerprint density at radius 3 is 3.00 bits per heavy atom. The van der Waals surface area contributed by atoms with Crippen molar-refractivity contribution in [1.29, 1.82) is 0 Å². The number of carbonyl (C=O) groups excluding carboxylic acids is 1. The van der Waals surface area contributed by atoms with Crippen LogP contribution >= 0.6 is 15.9 Å². The Bertz CT molecular complexity index is 394. The topological polar surface area (TPSA) is 46.3 Å². The fourth-order valence-corrected chi connectivity index (χ4v) is 2.41. The molecule has 1 heterocycles. The molecule has 4 heteroatoms. The Kier molecular flexibility index (Phi) is 3.61. The Labute approximate surface area is 104 Å². The van der Waals surface area contributed by atoms with E-state index in [2.05, 4.69) is 15.9 Å². The zero-order valence-electron chi connectivity index (χ0n) is 9.03. The average molecular weight is 283 g/mol. The third kappa shape index (κ3) is 2.44. The van der Waals surface area contributed by atoms with Crippen LogP contribution in [0.1, 0.15) is 16.8 Å². The second-order valence-corrected chi connectivity index (χ2v) is 5.07. The number of benzene rings is 1. The van der Waals surface area contributed by atoms with Crippen LogP contribution in [0.3, 0.4) is 0 Å². The summed E-state index contributed by atoms with van der Waals surface area (Å²) < 4.78 is 0.938. The van der Waals surface area contributed by atoms with Crippen molar-refractivity contribution in [3.05, 3.63) is 34.3 Å². The molecular formula is C12H15BrN2O. The largest absolute Gasteiger partial charge is 0.338 e. The highest BCUT2D eigenvalue weighted by atomic mass is 79.9. The number of halogens is 1. The molecule has 0 aliphatic carbocycles. The van der Waals surface area contributed by atoms with Crippen LogP contribution in [0.4, 0.5) is 0 Å². The van der Waals surface area contributed by atoms with Crippen molar-refractivity contribution in [3.8, 4) is 0 Å². The van der Waals surface area contributed by atoms with Crippen molar-refractivity contribution in [2.75, 3.05) is 19.6 Å². The number of likely N-dealkylation sites (tertiary alicyclic amines) is 1. The van der Waals surface area contributed by atoms with E-state index in [9.17, 15) is 4.79 Å². The van der Waals surface area contributed by atoms with Crippen molar-refractivity contribution < 1.29 is 4.79 Å². The van der Waals surface area contributed by atoms with Gasteiger partial charge in [-0.3, -0.25) is 4.79 Å². The molecule has 1 aromatic rings. The second kappa shape index (κ2) is 4.97. The predicted molar refractivity (Wildman–Crippen MR) is 67.2 cm³/mol. The molecule has 1 saturated heterocycles. The average Bonchev–Trinajstić information content (AvgIpc) is 2.76. The van der Waals surface area contributed by atoms with E-state index in [0.29, 0.717) is 12.5 Å². The molecule has 0 radical (unpaired) electrons. The zero-order valence-corrected chi connectivity index (χ0v) is 10.6. The van der Waals surface area contributed by atoms with Gasteiger partial charge in [-0.2, -0.15) is 0 Å². The fraction of sp³-hybridized carbons (Fsp3) is 0.417. The van der Waals surface area contributed by atoms with Gasteiger partial charge in [-0.05, 0) is 37.1 Å². The van der Waals surface area contributed by atoms with Gasteiger partial charge < -0.3 is 10.6 Å². The number of nitrogens with two attached hydrogens (primary N) is 1. The molecule has 0 spiro atoms. The van der Waals surface area contributed by atoms with E-state index in [-0.39, 0.29) is 5.91 Å². The maximum Gasteiger partial charge on any atom is 0.253 e. The molecule has 1 unspecified atom stereocenters. The summed E-state index contributed by atoms with van der Waals surface area (Å²) in [6.07, 6.45) is 1.02. The first-order chi connectivity index (χ1) is 7.70. The molecule has 16 heavy (non-hydrogen) atoms. The molecular weight excluding hydrogens is 268 g/mol. The van der Waals surface area contributed by atoms with Gasteiger partial charge in [-0.25, -0.2) is 0 Å². The summed E-state index contributed by atoms with van der Waals surface area (Å²) in [7, 11) is 0. The maximum atomic E-state index is 12.1. The molecule has 1 aromatic carbocycles. The molecule has 0 aromatic heterocycles. The van der Waals surface area contributed by atoms with E-state index in [1.165, 1.54) is 0 Å². The highest BCUT2D eigenvalue weighted by molar-refractivity contribution is 9.10. The SMILES string of the molecule is NCC1CCN(C(=O)c2cccc(Br)c2)C1. The summed E-state index contributed by atoms with van der Waals surface area (Å²) in [6.45, 7) is 2.29. The predicted octanol–water partition coefficient (Wildman–Crippen LogP) is 1.87. The Hall–Kier alpha value is -0.870. The highest BCUT2D eigenvalue weighted by Crippen LogP contribution is 2.19. The van der Waals surface area contributed by atoms with E-state index < -0.39 is 0 Å². The third-order valence-electron chi connectivity index (χ3n) is 2.98. The molecule has 1 amide bonds. The standard InChI is InChI=1S/C12H15BrN2O/c13-11-3-1-2-10(6-11)12(16)15-5-4-9(7-14)8-15/h1-3,6,9H,4-5,7-8,14H2. The van der Waals surface area contributed by atoms with Gasteiger partial charge in [0.1, 0.15) is 0 Å². The number of amides is 1. The van der Waals surface area contributed by atoms with Gasteiger partial charge in [-0.1, -0.05) is 22.0 Å². The monoisotopic (exact) mass is 282 g/mol. The van der Waals surface area contributed by atoms with Gasteiger partial charge in [0.25, 0.3) is 5.91 Å². The van der Waals surface area contributed by atoms with Crippen LogP contribution in [0.15, 0.2) is 28.7 Å². The zero-order chi connectivity index (χ0) is 11.5. The summed E-state index contributed by atoms with van der Waals surface area (Å²) in [5.41, 5.74) is 6.36. The molecule has 1 atom stereocenters. The van der Waals surface area contributed by atoms with E-state index in [0.717, 1.165) is 29.5 Å². The van der Waals surface area contributed by atoms with E-state index in [4.69, 9.17) is 5.73 Å². The minimum Gasteiger partial charge on any atom is -0.338 e. The number of hydrogen-bond donors (Lipinski definition) is 1. The Balaban J connectivity index is 2.08. The van der Waals surface area contributed by atoms with Crippen LogP contribution in [0.25, 0.3) is 0 Å². The fourth-order valence-electron chi connectivity index (χ4n) is 2.01. The molecule has 2 rings (SSSR count). The van der Waals surface area contributed by atoms with Crippen molar-refractivity contribution in [3.63, 3.8) is 0 Å². The summed E-state index contributed by atoms with van der Waals surface area (Å²) in [4.78, 5) is 14.0. The van der Waals surface area contributed by atoms with Crippen LogP contribution < -0.4 is 5.73 Å². The van der Waals surface area contributed by atoms with Crippen LogP contribution in [0.5, 0.6) is 0 Å². The molecule has 0 bridgehead atoms. The van der Waals surface area contributed by atoms with Gasteiger partial charge in [0.15, 0.2) is 0 Å². The van der Waals surface area contributed by atoms with Crippen molar-refractivity contribution in [1.82, 2.24) is 4.90 Å². The van der Waals surface area contributed by atoms with Crippen LogP contribution in [-0.2, 0) is 0 Å². The summed E-state index contributed by atoms with van der Waals surface area (Å²) >= 11 is 3.37. The summed E-state index contributed by atoms with van der Waals surface area (Å²) in [6, 6.07) is 7.51. The highest BCUT2D eigenvalue weighted by Gasteiger charge is 2.25. The Morgan fingerprint density at radius 1 is 1.56 bits per heavy atom. The second-order valence-electron chi connectivity index (χ2n) is 4.15. The normalized spacial score (nSPS) is 20.1. The molecule has 1 aliphatic heterocycles. The lowest BCUT2D eigenvalue weighted by atomic mass is 10.1. The third-order valence-corrected chi connectivity index (χ3v) is 3.47. The lowest BCUT2D eigenvalue weighted by Gasteiger charge is -2.16. The lowest BCUT2D eigenvalue weighted by Crippen LogP contribution is -2.29. The number of rotatable bonds is 2. The number of carbonyl (C=O) groups is 1. The quantitative estimate of drug-likeness (QED) is 0.900. The van der Waals surface area contributed by atoms with E-state index in [1.54, 1.807) is 0 Å². The summed E-state index contributed by atoms with van der Waals surface area (Å²) in [5.74, 6) is 0.577. The first kappa shape index (κ1) is 11.6. The van der Waals surface area contributed by atoms with Gasteiger partial charge in [0.2, 0.25) is 0 Å². The van der Waals surface area contributed by atoms with Gasteiger partial charge >= 0.3 is 0 Å². The lowest BCUT2D eigenvalue weighted by molar-refractivity contribution is 0.0787. The van der Waals surface area contributed by atoms with Gasteiger partial charge in [0, 0.05) is 23.1 Å². The molecule has 86 valence electrons. The maximum absolute atomic E-state index is 12.1. The molecule has 3 nitrogen and oxygen atoms in total. The number of hydrogen-bond acceptors (Lipinski definition) is 2. The minimum atomic E-state index is 0.109. The van der Waals surface area contributed by atoms with Crippen molar-refractivity contribution in [2.45, 2.75) is 6.42 Å². The van der Waals surface area contributed by atoms with Crippen LogP contribution in [0, 0.1) is 5.92 Å². The minimum absolute atomic E-state index is 0.109. The molecule has 2 N–H and O–H groups in total. The smallest absolute Gasteiger partial charge is 0.253 e. The number of nitrogens with zero attached hydrogens (tertiary/aromatic N) is 1. The van der Waals surface area contributed by atoms with Crippen molar-refractivity contribution in [2.24, 2.45) is 11.7 Å². The summed E-state index contributed by atoms with van der Waals surface area (Å²) in [5, 5.41) is 0. The first-order valence-corrected chi connectivity index (χ1v) is 6.25. The Morgan fingerprint density at radius 2 is 2.38 bits per heavy atom. The molecule has 1 fully saturated rings. The van der Waals surface area contributed by atoms with Crippen LogP contribution in [-0.4, -0.2) is 30.4 Å². The van der Waals surface area contributed by atoms with Gasteiger partial charge in [0.05, 0.1) is 0 Å².